The molecule has 1 aliphatic rings. The molecule has 0 radical (unpaired) electrons. The molecule has 3 aromatic heterocycles. The summed E-state index contributed by atoms with van der Waals surface area (Å²) in [4.78, 5) is 9.63. The standard InChI is InChI=1S/C27H24ClN5O/c1-16-11-23-30-13-18-12-21(20-5-3-4-6-22(20)28)24(31-25(18)33(23)32-16)17-7-9-19(10-8-17)27(29)14-26(2,34)15-27/h3-13,34H,14-15,29H2,1-2H3/t26-,27-. The van der Waals surface area contributed by atoms with Crippen molar-refractivity contribution < 1.29 is 5.11 Å². The molecule has 0 saturated heterocycles. The number of aliphatic hydroxyl groups is 1. The van der Waals surface area contributed by atoms with E-state index in [4.69, 9.17) is 22.3 Å². The number of aromatic nitrogens is 4. The van der Waals surface area contributed by atoms with Gasteiger partial charge in [0.05, 0.1) is 17.0 Å². The first-order chi connectivity index (χ1) is 16.2. The first-order valence-corrected chi connectivity index (χ1v) is 11.6. The molecule has 0 amide bonds. The average molecular weight is 470 g/mol. The predicted molar refractivity (Wildman–Crippen MR) is 135 cm³/mol. The summed E-state index contributed by atoms with van der Waals surface area (Å²) in [5.74, 6) is 0. The van der Waals surface area contributed by atoms with Crippen molar-refractivity contribution in [3.05, 3.63) is 83.1 Å². The van der Waals surface area contributed by atoms with Crippen LogP contribution >= 0.6 is 11.6 Å². The molecule has 1 saturated carbocycles. The number of nitrogens with two attached hydrogens (primary N) is 1. The molecule has 1 fully saturated rings. The van der Waals surface area contributed by atoms with Crippen LogP contribution in [0.2, 0.25) is 5.02 Å². The number of hydrogen-bond donors (Lipinski definition) is 2. The number of pyridine rings is 1. The molecular formula is C27H24ClN5O. The number of fused-ring (bicyclic) bond motifs is 3. The molecule has 5 aromatic rings. The topological polar surface area (TPSA) is 89.3 Å². The summed E-state index contributed by atoms with van der Waals surface area (Å²) in [7, 11) is 0. The van der Waals surface area contributed by atoms with E-state index in [0.29, 0.717) is 17.9 Å². The number of halogens is 1. The second-order valence-electron chi connectivity index (χ2n) is 9.68. The molecule has 6 nitrogen and oxygen atoms in total. The Balaban J connectivity index is 1.55. The Morgan fingerprint density at radius 1 is 1.03 bits per heavy atom. The van der Waals surface area contributed by atoms with E-state index >= 15 is 0 Å². The fraction of sp³-hybridized carbons (Fsp3) is 0.222. The summed E-state index contributed by atoms with van der Waals surface area (Å²) in [5, 5.41) is 16.3. The molecule has 2 aromatic carbocycles. The highest BCUT2D eigenvalue weighted by Gasteiger charge is 2.49. The normalized spacial score (nSPS) is 22.3. The molecule has 6 rings (SSSR count). The Labute approximate surface area is 202 Å². The van der Waals surface area contributed by atoms with Gasteiger partial charge in [0.2, 0.25) is 0 Å². The van der Waals surface area contributed by atoms with Gasteiger partial charge in [-0.2, -0.15) is 9.61 Å². The van der Waals surface area contributed by atoms with Crippen molar-refractivity contribution in [2.24, 2.45) is 5.73 Å². The monoisotopic (exact) mass is 469 g/mol. The molecule has 0 spiro atoms. The highest BCUT2D eigenvalue weighted by Crippen LogP contribution is 2.46. The van der Waals surface area contributed by atoms with Crippen molar-refractivity contribution in [1.29, 1.82) is 0 Å². The number of hydrogen-bond acceptors (Lipinski definition) is 5. The summed E-state index contributed by atoms with van der Waals surface area (Å²) in [6.45, 7) is 3.77. The van der Waals surface area contributed by atoms with Gasteiger partial charge in [-0.15, -0.1) is 0 Å². The summed E-state index contributed by atoms with van der Waals surface area (Å²) >= 11 is 6.60. The van der Waals surface area contributed by atoms with Gasteiger partial charge in [-0.1, -0.05) is 54.1 Å². The van der Waals surface area contributed by atoms with Gasteiger partial charge >= 0.3 is 0 Å². The van der Waals surface area contributed by atoms with Crippen LogP contribution in [0.1, 0.15) is 31.0 Å². The SMILES string of the molecule is Cc1cc2ncc3cc(-c4ccccc4Cl)c(-c4ccc([C@]5(N)C[C@](C)(O)C5)cc4)nc3n2n1. The number of aryl methyl sites for hydroxylation is 1. The van der Waals surface area contributed by atoms with Crippen LogP contribution in [0.5, 0.6) is 0 Å². The molecule has 0 atom stereocenters. The molecule has 3 N–H and O–H groups in total. The minimum absolute atomic E-state index is 0.505. The first-order valence-electron chi connectivity index (χ1n) is 11.3. The second-order valence-corrected chi connectivity index (χ2v) is 10.1. The van der Waals surface area contributed by atoms with Gasteiger partial charge in [-0.05, 0) is 44.4 Å². The third-order valence-corrected chi connectivity index (χ3v) is 7.00. The van der Waals surface area contributed by atoms with Gasteiger partial charge in [0.25, 0.3) is 0 Å². The van der Waals surface area contributed by atoms with E-state index in [0.717, 1.165) is 50.3 Å². The van der Waals surface area contributed by atoms with Gasteiger partial charge in [0, 0.05) is 44.9 Å². The lowest BCUT2D eigenvalue weighted by Crippen LogP contribution is -2.58. The Morgan fingerprint density at radius 2 is 1.76 bits per heavy atom. The smallest absolute Gasteiger partial charge is 0.165 e. The first kappa shape index (κ1) is 21.2. The van der Waals surface area contributed by atoms with Crippen LogP contribution in [0.4, 0.5) is 0 Å². The summed E-state index contributed by atoms with van der Waals surface area (Å²) in [5.41, 5.74) is 12.3. The largest absolute Gasteiger partial charge is 0.390 e. The van der Waals surface area contributed by atoms with E-state index in [1.165, 1.54) is 0 Å². The molecule has 3 heterocycles. The van der Waals surface area contributed by atoms with Gasteiger partial charge in [-0.25, -0.2) is 9.97 Å². The van der Waals surface area contributed by atoms with Crippen molar-refractivity contribution in [2.75, 3.05) is 0 Å². The highest BCUT2D eigenvalue weighted by molar-refractivity contribution is 6.33. The zero-order valence-electron chi connectivity index (χ0n) is 19.0. The van der Waals surface area contributed by atoms with Crippen LogP contribution in [0.25, 0.3) is 39.1 Å². The van der Waals surface area contributed by atoms with Crippen LogP contribution < -0.4 is 5.73 Å². The maximum absolute atomic E-state index is 10.2. The van der Waals surface area contributed by atoms with Crippen LogP contribution in [-0.4, -0.2) is 30.3 Å². The van der Waals surface area contributed by atoms with Crippen molar-refractivity contribution in [2.45, 2.75) is 37.8 Å². The molecule has 0 aliphatic heterocycles. The minimum atomic E-state index is -0.703. The zero-order valence-corrected chi connectivity index (χ0v) is 19.7. The van der Waals surface area contributed by atoms with Crippen LogP contribution in [0, 0.1) is 6.92 Å². The Hall–Kier alpha value is -3.32. The van der Waals surface area contributed by atoms with E-state index in [9.17, 15) is 5.11 Å². The number of rotatable bonds is 3. The maximum Gasteiger partial charge on any atom is 0.165 e. The van der Waals surface area contributed by atoms with Gasteiger partial charge in [-0.3, -0.25) is 0 Å². The summed E-state index contributed by atoms with van der Waals surface area (Å²) in [6.07, 6.45) is 2.91. The molecular weight excluding hydrogens is 446 g/mol. The Bertz CT molecular complexity index is 1560. The van der Waals surface area contributed by atoms with Crippen molar-refractivity contribution in [3.63, 3.8) is 0 Å². The predicted octanol–water partition coefficient (Wildman–Crippen LogP) is 5.27. The van der Waals surface area contributed by atoms with Crippen LogP contribution in [0.3, 0.4) is 0 Å². The molecule has 0 bridgehead atoms. The third kappa shape index (κ3) is 3.38. The van der Waals surface area contributed by atoms with Crippen LogP contribution in [0.15, 0.2) is 66.9 Å². The van der Waals surface area contributed by atoms with E-state index < -0.39 is 11.1 Å². The van der Waals surface area contributed by atoms with E-state index in [1.807, 2.05) is 74.6 Å². The number of nitrogens with zero attached hydrogens (tertiary/aromatic N) is 4. The Kier molecular flexibility index (Phi) is 4.58. The Morgan fingerprint density at radius 3 is 2.47 bits per heavy atom. The average Bonchev–Trinajstić information content (AvgIpc) is 3.18. The fourth-order valence-electron chi connectivity index (χ4n) is 5.23. The lowest BCUT2D eigenvalue weighted by molar-refractivity contribution is -0.0738. The summed E-state index contributed by atoms with van der Waals surface area (Å²) in [6, 6.07) is 19.9. The molecule has 1 aliphatic carbocycles. The number of benzene rings is 2. The molecule has 170 valence electrons. The fourth-order valence-corrected chi connectivity index (χ4v) is 5.47. The zero-order chi connectivity index (χ0) is 23.7. The molecule has 7 heteroatoms. The van der Waals surface area contributed by atoms with Gasteiger partial charge in [0.1, 0.15) is 0 Å². The quantitative estimate of drug-likeness (QED) is 0.375. The lowest BCUT2D eigenvalue weighted by atomic mass is 9.63. The van der Waals surface area contributed by atoms with Crippen molar-refractivity contribution in [3.8, 4) is 22.4 Å². The van der Waals surface area contributed by atoms with E-state index in [1.54, 1.807) is 4.52 Å². The minimum Gasteiger partial charge on any atom is -0.390 e. The highest BCUT2D eigenvalue weighted by atomic mass is 35.5. The van der Waals surface area contributed by atoms with E-state index in [-0.39, 0.29) is 0 Å². The van der Waals surface area contributed by atoms with Gasteiger partial charge < -0.3 is 10.8 Å². The second kappa shape index (κ2) is 7.34. The van der Waals surface area contributed by atoms with Crippen molar-refractivity contribution >= 4 is 28.3 Å². The maximum atomic E-state index is 10.2. The van der Waals surface area contributed by atoms with E-state index in [2.05, 4.69) is 16.1 Å². The third-order valence-electron chi connectivity index (χ3n) is 6.67. The molecule has 34 heavy (non-hydrogen) atoms. The summed E-state index contributed by atoms with van der Waals surface area (Å²) < 4.78 is 1.78. The van der Waals surface area contributed by atoms with Crippen LogP contribution in [-0.2, 0) is 5.54 Å². The van der Waals surface area contributed by atoms with Gasteiger partial charge in [0.15, 0.2) is 11.3 Å². The van der Waals surface area contributed by atoms with Crippen molar-refractivity contribution in [1.82, 2.24) is 19.6 Å². The lowest BCUT2D eigenvalue weighted by Gasteiger charge is -2.49. The molecule has 0 unspecified atom stereocenters.